The molecule has 1 aliphatic carbocycles. The summed E-state index contributed by atoms with van der Waals surface area (Å²) in [5.74, 6) is 0.595. The molecule has 0 saturated heterocycles. The summed E-state index contributed by atoms with van der Waals surface area (Å²) >= 11 is 0. The fourth-order valence-corrected chi connectivity index (χ4v) is 2.27. The molecule has 1 aliphatic rings. The molecule has 1 aromatic carbocycles. The maximum absolute atomic E-state index is 11.9. The van der Waals surface area contributed by atoms with Crippen molar-refractivity contribution in [2.45, 2.75) is 32.1 Å². The van der Waals surface area contributed by atoms with Crippen LogP contribution in [0.25, 0.3) is 6.08 Å². The van der Waals surface area contributed by atoms with Gasteiger partial charge in [-0.1, -0.05) is 55.7 Å². The molecule has 0 heterocycles. The second kappa shape index (κ2) is 5.64. The van der Waals surface area contributed by atoms with Crippen LogP contribution < -0.4 is 0 Å². The van der Waals surface area contributed by atoms with E-state index in [0.717, 1.165) is 18.4 Å². The van der Waals surface area contributed by atoms with E-state index in [2.05, 4.69) is 0 Å². The minimum Gasteiger partial charge on any atom is -0.295 e. The lowest BCUT2D eigenvalue weighted by Gasteiger charge is -2.18. The van der Waals surface area contributed by atoms with Gasteiger partial charge in [0.25, 0.3) is 0 Å². The fraction of sp³-hybridized carbons (Fsp3) is 0.400. The topological polar surface area (TPSA) is 17.1 Å². The number of benzene rings is 1. The second-order valence-electron chi connectivity index (χ2n) is 4.48. The summed E-state index contributed by atoms with van der Waals surface area (Å²) in [6.45, 7) is 0. The molecule has 1 saturated carbocycles. The molecule has 0 bridgehead atoms. The zero-order chi connectivity index (χ0) is 11.2. The van der Waals surface area contributed by atoms with Crippen molar-refractivity contribution in [3.05, 3.63) is 42.0 Å². The van der Waals surface area contributed by atoms with Gasteiger partial charge >= 0.3 is 0 Å². The van der Waals surface area contributed by atoms with Crippen LogP contribution >= 0.6 is 0 Å². The third-order valence-corrected chi connectivity index (χ3v) is 3.25. The van der Waals surface area contributed by atoms with Gasteiger partial charge in [-0.05, 0) is 24.5 Å². The molecular formula is C15H18O. The molecule has 0 N–H and O–H groups in total. The van der Waals surface area contributed by atoms with Gasteiger partial charge in [-0.15, -0.1) is 0 Å². The number of rotatable bonds is 3. The van der Waals surface area contributed by atoms with Gasteiger partial charge in [0.15, 0.2) is 5.78 Å². The predicted molar refractivity (Wildman–Crippen MR) is 67.1 cm³/mol. The Bertz CT molecular complexity index is 358. The maximum atomic E-state index is 11.9. The van der Waals surface area contributed by atoms with Crippen LogP contribution in [0.3, 0.4) is 0 Å². The van der Waals surface area contributed by atoms with Crippen molar-refractivity contribution in [1.29, 1.82) is 0 Å². The van der Waals surface area contributed by atoms with E-state index in [0.29, 0.717) is 5.78 Å². The first-order valence-electron chi connectivity index (χ1n) is 6.13. The molecule has 0 aromatic heterocycles. The lowest BCUT2D eigenvalue weighted by atomic mass is 9.86. The molecule has 0 aliphatic heterocycles. The molecule has 2 rings (SSSR count). The van der Waals surface area contributed by atoms with Crippen LogP contribution in [0.4, 0.5) is 0 Å². The van der Waals surface area contributed by atoms with Crippen molar-refractivity contribution >= 4 is 11.9 Å². The molecule has 1 aromatic rings. The molecule has 1 heteroatoms. The standard InChI is InChI=1S/C15H18O/c16-15(14-9-5-2-6-10-14)12-11-13-7-3-1-4-8-13/h1,3-4,7-8,11-12,14H,2,5-6,9-10H2. The van der Waals surface area contributed by atoms with Crippen LogP contribution in [0.2, 0.25) is 0 Å². The Morgan fingerprint density at radius 1 is 1.06 bits per heavy atom. The van der Waals surface area contributed by atoms with E-state index in [1.54, 1.807) is 6.08 Å². The van der Waals surface area contributed by atoms with Crippen LogP contribution in [0.15, 0.2) is 36.4 Å². The van der Waals surface area contributed by atoms with Crippen molar-refractivity contribution in [2.75, 3.05) is 0 Å². The van der Waals surface area contributed by atoms with Crippen LogP contribution in [-0.2, 0) is 4.79 Å². The van der Waals surface area contributed by atoms with Gasteiger partial charge in [0.2, 0.25) is 0 Å². The van der Waals surface area contributed by atoms with Gasteiger partial charge < -0.3 is 0 Å². The molecule has 1 fully saturated rings. The SMILES string of the molecule is O=C(C=Cc1ccccc1)C1CCCCC1. The first-order valence-corrected chi connectivity index (χ1v) is 6.13. The van der Waals surface area contributed by atoms with Gasteiger partial charge in [0, 0.05) is 5.92 Å². The highest BCUT2D eigenvalue weighted by molar-refractivity contribution is 5.95. The normalized spacial score (nSPS) is 17.8. The van der Waals surface area contributed by atoms with Crippen LogP contribution in [-0.4, -0.2) is 5.78 Å². The average Bonchev–Trinajstić information content (AvgIpc) is 2.38. The summed E-state index contributed by atoms with van der Waals surface area (Å²) in [4.78, 5) is 11.9. The van der Waals surface area contributed by atoms with Gasteiger partial charge in [-0.2, -0.15) is 0 Å². The molecule has 16 heavy (non-hydrogen) atoms. The largest absolute Gasteiger partial charge is 0.295 e. The quantitative estimate of drug-likeness (QED) is 0.698. The average molecular weight is 214 g/mol. The molecule has 0 unspecified atom stereocenters. The summed E-state index contributed by atoms with van der Waals surface area (Å²) in [5.41, 5.74) is 1.10. The molecule has 0 atom stereocenters. The van der Waals surface area contributed by atoms with E-state index in [-0.39, 0.29) is 5.92 Å². The Balaban J connectivity index is 1.93. The van der Waals surface area contributed by atoms with Crippen LogP contribution in [0.1, 0.15) is 37.7 Å². The molecule has 0 amide bonds. The Labute approximate surface area is 97.2 Å². The predicted octanol–water partition coefficient (Wildman–Crippen LogP) is 3.85. The number of ketones is 1. The third kappa shape index (κ3) is 3.06. The van der Waals surface area contributed by atoms with Crippen molar-refractivity contribution in [2.24, 2.45) is 5.92 Å². The fourth-order valence-electron chi connectivity index (χ4n) is 2.27. The van der Waals surface area contributed by atoms with Crippen molar-refractivity contribution in [1.82, 2.24) is 0 Å². The van der Waals surface area contributed by atoms with Gasteiger partial charge in [-0.3, -0.25) is 4.79 Å². The monoisotopic (exact) mass is 214 g/mol. The highest BCUT2D eigenvalue weighted by atomic mass is 16.1. The summed E-state index contributed by atoms with van der Waals surface area (Å²) in [6.07, 6.45) is 9.58. The summed E-state index contributed by atoms with van der Waals surface area (Å²) < 4.78 is 0. The van der Waals surface area contributed by atoms with E-state index >= 15 is 0 Å². The van der Waals surface area contributed by atoms with E-state index in [9.17, 15) is 4.79 Å². The highest BCUT2D eigenvalue weighted by Crippen LogP contribution is 2.24. The molecule has 1 nitrogen and oxygen atoms in total. The second-order valence-corrected chi connectivity index (χ2v) is 4.48. The molecule has 0 spiro atoms. The van der Waals surface area contributed by atoms with Crippen LogP contribution in [0, 0.1) is 5.92 Å². The lowest BCUT2D eigenvalue weighted by molar-refractivity contribution is -0.119. The Morgan fingerprint density at radius 2 is 1.75 bits per heavy atom. The van der Waals surface area contributed by atoms with Crippen LogP contribution in [0.5, 0.6) is 0 Å². The number of hydrogen-bond donors (Lipinski definition) is 0. The van der Waals surface area contributed by atoms with Crippen molar-refractivity contribution < 1.29 is 4.79 Å². The molecule has 84 valence electrons. The van der Waals surface area contributed by atoms with E-state index in [1.165, 1.54) is 19.3 Å². The number of carbonyl (C=O) groups excluding carboxylic acids is 1. The first-order chi connectivity index (χ1) is 7.86. The van der Waals surface area contributed by atoms with E-state index < -0.39 is 0 Å². The van der Waals surface area contributed by atoms with Crippen molar-refractivity contribution in [3.8, 4) is 0 Å². The summed E-state index contributed by atoms with van der Waals surface area (Å²) in [6, 6.07) is 10.0. The van der Waals surface area contributed by atoms with E-state index in [4.69, 9.17) is 0 Å². The van der Waals surface area contributed by atoms with Crippen molar-refractivity contribution in [3.63, 3.8) is 0 Å². The van der Waals surface area contributed by atoms with Gasteiger partial charge in [0.05, 0.1) is 0 Å². The Hall–Kier alpha value is -1.37. The third-order valence-electron chi connectivity index (χ3n) is 3.25. The Kier molecular flexibility index (Phi) is 3.92. The Morgan fingerprint density at radius 3 is 2.44 bits per heavy atom. The lowest BCUT2D eigenvalue weighted by Crippen LogP contribution is -2.15. The van der Waals surface area contributed by atoms with Gasteiger partial charge in [-0.25, -0.2) is 0 Å². The summed E-state index contributed by atoms with van der Waals surface area (Å²) in [7, 11) is 0. The number of carbonyl (C=O) groups is 1. The number of hydrogen-bond acceptors (Lipinski definition) is 1. The minimum absolute atomic E-state index is 0.286. The number of allylic oxidation sites excluding steroid dienone is 1. The summed E-state index contributed by atoms with van der Waals surface area (Å²) in [5, 5.41) is 0. The molecular weight excluding hydrogens is 196 g/mol. The zero-order valence-electron chi connectivity index (χ0n) is 9.56. The first kappa shape index (κ1) is 11.1. The smallest absolute Gasteiger partial charge is 0.158 e. The van der Waals surface area contributed by atoms with Gasteiger partial charge in [0.1, 0.15) is 0 Å². The molecule has 0 radical (unpaired) electrons. The maximum Gasteiger partial charge on any atom is 0.158 e. The zero-order valence-corrected chi connectivity index (χ0v) is 9.56. The highest BCUT2D eigenvalue weighted by Gasteiger charge is 2.18. The van der Waals surface area contributed by atoms with E-state index in [1.807, 2.05) is 36.4 Å². The minimum atomic E-state index is 0.286.